The Kier molecular flexibility index (Phi) is 4.62. The lowest BCUT2D eigenvalue weighted by Crippen LogP contribution is -2.28. The number of benzene rings is 1. The van der Waals surface area contributed by atoms with Gasteiger partial charge in [0.2, 0.25) is 0 Å². The highest BCUT2D eigenvalue weighted by Crippen LogP contribution is 2.22. The fourth-order valence-corrected chi connectivity index (χ4v) is 2.16. The molecule has 2 N–H and O–H groups in total. The quantitative estimate of drug-likeness (QED) is 0.855. The van der Waals surface area contributed by atoms with Gasteiger partial charge < -0.3 is 10.6 Å². The van der Waals surface area contributed by atoms with Crippen molar-refractivity contribution in [2.75, 3.05) is 5.32 Å². The summed E-state index contributed by atoms with van der Waals surface area (Å²) in [5, 5.41) is 11.9. The summed E-state index contributed by atoms with van der Waals surface area (Å²) in [5.74, 6) is 0. The number of halogens is 1. The average molecular weight is 309 g/mol. The van der Waals surface area contributed by atoms with E-state index in [2.05, 4.69) is 15.7 Å². The molecular formula is C14H17ClN4S. The molecule has 6 heteroatoms. The molecule has 0 saturated carbocycles. The molecule has 1 heterocycles. The van der Waals surface area contributed by atoms with E-state index in [0.717, 1.165) is 27.7 Å². The summed E-state index contributed by atoms with van der Waals surface area (Å²) >= 11 is 11.4. The molecule has 106 valence electrons. The number of thiocarbonyl (C=S) groups is 1. The second-order valence-electron chi connectivity index (χ2n) is 4.62. The fourth-order valence-electron chi connectivity index (χ4n) is 1.80. The molecule has 0 atom stereocenters. The van der Waals surface area contributed by atoms with Crippen LogP contribution in [0.2, 0.25) is 5.02 Å². The van der Waals surface area contributed by atoms with E-state index in [1.54, 1.807) is 0 Å². The van der Waals surface area contributed by atoms with Crippen LogP contribution in [0.5, 0.6) is 0 Å². The maximum absolute atomic E-state index is 6.07. The first-order valence-corrected chi connectivity index (χ1v) is 7.05. The highest BCUT2D eigenvalue weighted by atomic mass is 35.5. The number of hydrogen-bond acceptors (Lipinski definition) is 2. The van der Waals surface area contributed by atoms with E-state index < -0.39 is 0 Å². The van der Waals surface area contributed by atoms with Gasteiger partial charge in [-0.05, 0) is 49.8 Å². The minimum Gasteiger partial charge on any atom is -0.357 e. The van der Waals surface area contributed by atoms with Gasteiger partial charge in [-0.2, -0.15) is 5.10 Å². The summed E-state index contributed by atoms with van der Waals surface area (Å²) in [6.45, 7) is 4.56. The Labute approximate surface area is 129 Å². The van der Waals surface area contributed by atoms with Crippen molar-refractivity contribution in [2.24, 2.45) is 7.05 Å². The Bertz CT molecular complexity index is 617. The molecule has 0 aliphatic heterocycles. The second-order valence-corrected chi connectivity index (χ2v) is 5.44. The smallest absolute Gasteiger partial charge is 0.171 e. The van der Waals surface area contributed by atoms with Crippen molar-refractivity contribution >= 4 is 34.6 Å². The van der Waals surface area contributed by atoms with E-state index in [0.29, 0.717) is 11.7 Å². The lowest BCUT2D eigenvalue weighted by molar-refractivity contribution is 0.712. The normalized spacial score (nSPS) is 10.4. The van der Waals surface area contributed by atoms with Crippen LogP contribution in [-0.2, 0) is 13.6 Å². The standard InChI is InChI=1S/C14H17ClN4S/c1-9-7-11(18-19(9)3)8-16-14(20)17-13-6-4-5-12(15)10(13)2/h4-7H,8H2,1-3H3,(H2,16,17,20). The van der Waals surface area contributed by atoms with E-state index in [-0.39, 0.29) is 0 Å². The lowest BCUT2D eigenvalue weighted by atomic mass is 10.2. The average Bonchev–Trinajstić information content (AvgIpc) is 2.72. The first-order valence-electron chi connectivity index (χ1n) is 6.27. The van der Waals surface area contributed by atoms with E-state index in [9.17, 15) is 0 Å². The van der Waals surface area contributed by atoms with Crippen LogP contribution in [0.25, 0.3) is 0 Å². The molecule has 20 heavy (non-hydrogen) atoms. The van der Waals surface area contributed by atoms with E-state index in [1.807, 2.05) is 49.8 Å². The molecule has 1 aromatic carbocycles. The minimum absolute atomic E-state index is 0.554. The molecular weight excluding hydrogens is 292 g/mol. The maximum Gasteiger partial charge on any atom is 0.171 e. The van der Waals surface area contributed by atoms with Crippen molar-refractivity contribution in [2.45, 2.75) is 20.4 Å². The van der Waals surface area contributed by atoms with E-state index in [4.69, 9.17) is 23.8 Å². The van der Waals surface area contributed by atoms with Gasteiger partial charge in [-0.25, -0.2) is 0 Å². The zero-order valence-corrected chi connectivity index (χ0v) is 13.3. The third kappa shape index (κ3) is 3.49. The van der Waals surface area contributed by atoms with Crippen molar-refractivity contribution in [3.05, 3.63) is 46.2 Å². The Morgan fingerprint density at radius 1 is 1.40 bits per heavy atom. The van der Waals surface area contributed by atoms with Crippen molar-refractivity contribution in [1.82, 2.24) is 15.1 Å². The summed E-state index contributed by atoms with van der Waals surface area (Å²) in [6, 6.07) is 7.72. The van der Waals surface area contributed by atoms with E-state index >= 15 is 0 Å². The van der Waals surface area contributed by atoms with Crippen molar-refractivity contribution in [3.63, 3.8) is 0 Å². The van der Waals surface area contributed by atoms with Crippen LogP contribution in [-0.4, -0.2) is 14.9 Å². The highest BCUT2D eigenvalue weighted by molar-refractivity contribution is 7.80. The molecule has 2 aromatic rings. The molecule has 0 aliphatic rings. The van der Waals surface area contributed by atoms with Crippen molar-refractivity contribution in [3.8, 4) is 0 Å². The number of nitrogens with one attached hydrogen (secondary N) is 2. The van der Waals surface area contributed by atoms with Crippen LogP contribution in [0.4, 0.5) is 5.69 Å². The summed E-state index contributed by atoms with van der Waals surface area (Å²) < 4.78 is 1.84. The van der Waals surface area contributed by atoms with Gasteiger partial charge >= 0.3 is 0 Å². The van der Waals surface area contributed by atoms with Crippen LogP contribution in [0.15, 0.2) is 24.3 Å². The molecule has 1 aromatic heterocycles. The number of hydrogen-bond donors (Lipinski definition) is 2. The molecule has 0 bridgehead atoms. The summed E-state index contributed by atoms with van der Waals surface area (Å²) in [7, 11) is 1.92. The number of aromatic nitrogens is 2. The third-order valence-electron chi connectivity index (χ3n) is 3.11. The first kappa shape index (κ1) is 14.8. The van der Waals surface area contributed by atoms with Gasteiger partial charge in [0.15, 0.2) is 5.11 Å². The van der Waals surface area contributed by atoms with Crippen LogP contribution in [0.1, 0.15) is 17.0 Å². The highest BCUT2D eigenvalue weighted by Gasteiger charge is 2.05. The van der Waals surface area contributed by atoms with Gasteiger partial charge in [0.05, 0.1) is 12.2 Å². The Morgan fingerprint density at radius 2 is 2.15 bits per heavy atom. The van der Waals surface area contributed by atoms with Crippen LogP contribution < -0.4 is 10.6 Å². The molecule has 0 amide bonds. The monoisotopic (exact) mass is 308 g/mol. The largest absolute Gasteiger partial charge is 0.357 e. The summed E-state index contributed by atoms with van der Waals surface area (Å²) in [5.41, 5.74) is 3.96. The molecule has 0 saturated heterocycles. The predicted octanol–water partition coefficient (Wildman–Crippen LogP) is 3.18. The third-order valence-corrected chi connectivity index (χ3v) is 3.77. The zero-order chi connectivity index (χ0) is 14.7. The Balaban J connectivity index is 1.94. The molecule has 0 spiro atoms. The number of rotatable bonds is 3. The minimum atomic E-state index is 0.554. The molecule has 0 fully saturated rings. The molecule has 0 aliphatic carbocycles. The lowest BCUT2D eigenvalue weighted by Gasteiger charge is -2.12. The molecule has 0 unspecified atom stereocenters. The van der Waals surface area contributed by atoms with Crippen LogP contribution >= 0.6 is 23.8 Å². The van der Waals surface area contributed by atoms with Gasteiger partial charge in [0, 0.05) is 23.5 Å². The van der Waals surface area contributed by atoms with Crippen LogP contribution in [0.3, 0.4) is 0 Å². The van der Waals surface area contributed by atoms with E-state index in [1.165, 1.54) is 0 Å². The zero-order valence-electron chi connectivity index (χ0n) is 11.7. The van der Waals surface area contributed by atoms with Gasteiger partial charge in [-0.1, -0.05) is 17.7 Å². The molecule has 4 nitrogen and oxygen atoms in total. The van der Waals surface area contributed by atoms with Gasteiger partial charge in [-0.3, -0.25) is 4.68 Å². The van der Waals surface area contributed by atoms with Crippen LogP contribution in [0, 0.1) is 13.8 Å². The Hall–Kier alpha value is -1.59. The molecule has 2 rings (SSSR count). The van der Waals surface area contributed by atoms with Crippen molar-refractivity contribution in [1.29, 1.82) is 0 Å². The van der Waals surface area contributed by atoms with Gasteiger partial charge in [-0.15, -0.1) is 0 Å². The number of nitrogens with zero attached hydrogens (tertiary/aromatic N) is 2. The molecule has 0 radical (unpaired) electrons. The fraction of sp³-hybridized carbons (Fsp3) is 0.286. The maximum atomic E-state index is 6.07. The number of anilines is 1. The predicted molar refractivity (Wildman–Crippen MR) is 87.2 cm³/mol. The SMILES string of the molecule is Cc1c(Cl)cccc1NC(=S)NCc1cc(C)n(C)n1. The topological polar surface area (TPSA) is 41.9 Å². The Morgan fingerprint density at radius 3 is 2.80 bits per heavy atom. The van der Waals surface area contributed by atoms with Gasteiger partial charge in [0.1, 0.15) is 0 Å². The second kappa shape index (κ2) is 6.24. The summed E-state index contributed by atoms with van der Waals surface area (Å²) in [4.78, 5) is 0. The summed E-state index contributed by atoms with van der Waals surface area (Å²) in [6.07, 6.45) is 0. The van der Waals surface area contributed by atoms with Gasteiger partial charge in [0.25, 0.3) is 0 Å². The first-order chi connectivity index (χ1) is 9.47. The number of aryl methyl sites for hydroxylation is 2. The van der Waals surface area contributed by atoms with Crippen molar-refractivity contribution < 1.29 is 0 Å².